The van der Waals surface area contributed by atoms with E-state index in [4.69, 9.17) is 26.5 Å². The van der Waals surface area contributed by atoms with Crippen molar-refractivity contribution in [3.8, 4) is 0 Å². The van der Waals surface area contributed by atoms with Crippen LogP contribution in [0.1, 0.15) is 23.7 Å². The van der Waals surface area contributed by atoms with Crippen molar-refractivity contribution < 1.29 is 23.5 Å². The Kier molecular flexibility index (Phi) is 6.22. The number of aromatic nitrogens is 1. The fraction of sp³-hybridized carbons (Fsp3) is 0.200. The van der Waals surface area contributed by atoms with Crippen molar-refractivity contribution in [2.75, 3.05) is 5.32 Å². The number of oxazole rings is 1. The standard InChI is InChI=1S/C20H18ClN3O6/c1-11(19(27)23-14-5-2-12(3-6-14)18(22)26)29-17(25)8-9-24-15-7-4-13(21)10-16(15)30-20(24)28/h2-7,10-11H,8-9H2,1H3,(H2,22,26)(H,23,27). The highest BCUT2D eigenvalue weighted by Gasteiger charge is 2.19. The quantitative estimate of drug-likeness (QED) is 0.551. The van der Waals surface area contributed by atoms with Crippen molar-refractivity contribution in [2.24, 2.45) is 5.73 Å². The predicted molar refractivity (Wildman–Crippen MR) is 109 cm³/mol. The summed E-state index contributed by atoms with van der Waals surface area (Å²) >= 11 is 5.87. The summed E-state index contributed by atoms with van der Waals surface area (Å²) in [6.45, 7) is 1.45. The van der Waals surface area contributed by atoms with Gasteiger partial charge in [-0.25, -0.2) is 4.79 Å². The van der Waals surface area contributed by atoms with Gasteiger partial charge in [0.15, 0.2) is 11.7 Å². The molecule has 0 saturated carbocycles. The maximum Gasteiger partial charge on any atom is 0.419 e. The number of benzene rings is 2. The molecule has 1 atom stereocenters. The molecule has 2 amide bonds. The molecule has 2 aromatic carbocycles. The van der Waals surface area contributed by atoms with Crippen LogP contribution in [0, 0.1) is 0 Å². The number of amides is 2. The maximum absolute atomic E-state index is 12.2. The van der Waals surface area contributed by atoms with Crippen molar-refractivity contribution in [1.29, 1.82) is 0 Å². The summed E-state index contributed by atoms with van der Waals surface area (Å²) in [7, 11) is 0. The van der Waals surface area contributed by atoms with Crippen molar-refractivity contribution in [3.05, 3.63) is 63.6 Å². The first-order valence-electron chi connectivity index (χ1n) is 8.93. The summed E-state index contributed by atoms with van der Waals surface area (Å²) in [6.07, 6.45) is -1.20. The molecule has 156 valence electrons. The zero-order chi connectivity index (χ0) is 21.8. The van der Waals surface area contributed by atoms with E-state index in [0.29, 0.717) is 27.4 Å². The Morgan fingerprint density at radius 3 is 2.57 bits per heavy atom. The number of rotatable bonds is 7. The Morgan fingerprint density at radius 2 is 1.90 bits per heavy atom. The lowest BCUT2D eigenvalue weighted by Gasteiger charge is -2.13. The van der Waals surface area contributed by atoms with Gasteiger partial charge in [-0.3, -0.25) is 19.0 Å². The van der Waals surface area contributed by atoms with Crippen LogP contribution in [0.2, 0.25) is 5.02 Å². The first-order chi connectivity index (χ1) is 14.2. The van der Waals surface area contributed by atoms with E-state index in [1.165, 1.54) is 41.8 Å². The monoisotopic (exact) mass is 431 g/mol. The van der Waals surface area contributed by atoms with Crippen molar-refractivity contribution in [3.63, 3.8) is 0 Å². The Morgan fingerprint density at radius 1 is 1.20 bits per heavy atom. The molecule has 0 aliphatic carbocycles. The number of fused-ring (bicyclic) bond motifs is 1. The molecule has 9 nitrogen and oxygen atoms in total. The number of aryl methyl sites for hydroxylation is 1. The summed E-state index contributed by atoms with van der Waals surface area (Å²) in [5.41, 5.74) is 6.70. The van der Waals surface area contributed by atoms with Gasteiger partial charge in [-0.1, -0.05) is 11.6 Å². The summed E-state index contributed by atoms with van der Waals surface area (Å²) in [5, 5.41) is 2.99. The van der Waals surface area contributed by atoms with Gasteiger partial charge in [0.2, 0.25) is 5.91 Å². The average molecular weight is 432 g/mol. The molecule has 0 bridgehead atoms. The van der Waals surface area contributed by atoms with E-state index in [1.807, 2.05) is 0 Å². The van der Waals surface area contributed by atoms with Crippen LogP contribution < -0.4 is 16.8 Å². The molecular formula is C20H18ClN3O6. The number of primary amides is 1. The topological polar surface area (TPSA) is 134 Å². The predicted octanol–water partition coefficient (Wildman–Crippen LogP) is 2.31. The number of carbonyl (C=O) groups excluding carboxylic acids is 3. The summed E-state index contributed by atoms with van der Waals surface area (Å²) < 4.78 is 11.5. The van der Waals surface area contributed by atoms with Crippen LogP contribution >= 0.6 is 11.6 Å². The van der Waals surface area contributed by atoms with Gasteiger partial charge in [0, 0.05) is 28.9 Å². The van der Waals surface area contributed by atoms with Crippen LogP contribution in [-0.4, -0.2) is 28.5 Å². The molecule has 0 aliphatic rings. The van der Waals surface area contributed by atoms with E-state index in [2.05, 4.69) is 5.32 Å². The third kappa shape index (κ3) is 4.87. The van der Waals surface area contributed by atoms with Gasteiger partial charge in [-0.2, -0.15) is 0 Å². The highest BCUT2D eigenvalue weighted by atomic mass is 35.5. The second-order valence-electron chi connectivity index (χ2n) is 6.44. The van der Waals surface area contributed by atoms with Gasteiger partial charge in [0.05, 0.1) is 11.9 Å². The largest absolute Gasteiger partial charge is 0.452 e. The molecule has 1 unspecified atom stereocenters. The fourth-order valence-corrected chi connectivity index (χ4v) is 2.89. The number of ether oxygens (including phenoxy) is 1. The maximum atomic E-state index is 12.2. The Bertz CT molecular complexity index is 1170. The molecule has 3 rings (SSSR count). The van der Waals surface area contributed by atoms with Crippen LogP contribution in [-0.2, 0) is 20.9 Å². The van der Waals surface area contributed by atoms with E-state index >= 15 is 0 Å². The zero-order valence-corrected chi connectivity index (χ0v) is 16.6. The number of anilines is 1. The Hall–Kier alpha value is -3.59. The molecule has 0 fully saturated rings. The molecule has 10 heteroatoms. The minimum Gasteiger partial charge on any atom is -0.452 e. The number of carbonyl (C=O) groups is 3. The van der Waals surface area contributed by atoms with Crippen LogP contribution in [0.5, 0.6) is 0 Å². The smallest absolute Gasteiger partial charge is 0.419 e. The van der Waals surface area contributed by atoms with Crippen molar-refractivity contribution in [2.45, 2.75) is 26.0 Å². The van der Waals surface area contributed by atoms with Gasteiger partial charge in [-0.15, -0.1) is 0 Å². The molecule has 3 aromatic rings. The average Bonchev–Trinajstić information content (AvgIpc) is 3.00. The van der Waals surface area contributed by atoms with E-state index in [0.717, 1.165) is 0 Å². The number of nitrogens with zero attached hydrogens (tertiary/aromatic N) is 1. The summed E-state index contributed by atoms with van der Waals surface area (Å²) in [4.78, 5) is 47.3. The highest BCUT2D eigenvalue weighted by Crippen LogP contribution is 2.18. The van der Waals surface area contributed by atoms with Gasteiger partial charge in [-0.05, 0) is 43.3 Å². The number of nitrogens with two attached hydrogens (primary N) is 1. The third-order valence-electron chi connectivity index (χ3n) is 4.28. The molecule has 30 heavy (non-hydrogen) atoms. The van der Waals surface area contributed by atoms with Gasteiger partial charge in [0.25, 0.3) is 5.91 Å². The summed E-state index contributed by atoms with van der Waals surface area (Å²) in [6, 6.07) is 10.7. The minimum absolute atomic E-state index is 0.0230. The van der Waals surface area contributed by atoms with Gasteiger partial charge in [0.1, 0.15) is 0 Å². The van der Waals surface area contributed by atoms with Crippen LogP contribution in [0.4, 0.5) is 5.69 Å². The van der Waals surface area contributed by atoms with Crippen molar-refractivity contribution >= 4 is 46.2 Å². The van der Waals surface area contributed by atoms with E-state index in [9.17, 15) is 19.2 Å². The molecule has 0 spiro atoms. The van der Waals surface area contributed by atoms with Crippen LogP contribution in [0.3, 0.4) is 0 Å². The van der Waals surface area contributed by atoms with Crippen molar-refractivity contribution in [1.82, 2.24) is 4.57 Å². The second-order valence-corrected chi connectivity index (χ2v) is 6.88. The molecule has 0 radical (unpaired) electrons. The normalized spacial score (nSPS) is 11.8. The molecule has 1 heterocycles. The number of nitrogens with one attached hydrogen (secondary N) is 1. The van der Waals surface area contributed by atoms with Crippen LogP contribution in [0.25, 0.3) is 11.1 Å². The lowest BCUT2D eigenvalue weighted by molar-refractivity contribution is -0.153. The number of hydrogen-bond acceptors (Lipinski definition) is 6. The fourth-order valence-electron chi connectivity index (χ4n) is 2.73. The van der Waals surface area contributed by atoms with E-state index in [-0.39, 0.29) is 13.0 Å². The number of halogens is 1. The van der Waals surface area contributed by atoms with Gasteiger partial charge < -0.3 is 20.2 Å². The Labute approximate surface area is 175 Å². The van der Waals surface area contributed by atoms with E-state index in [1.54, 1.807) is 12.1 Å². The lowest BCUT2D eigenvalue weighted by atomic mass is 10.2. The first-order valence-corrected chi connectivity index (χ1v) is 9.31. The molecule has 0 aliphatic heterocycles. The second kappa shape index (κ2) is 8.83. The third-order valence-corrected chi connectivity index (χ3v) is 4.52. The first kappa shape index (κ1) is 21.1. The minimum atomic E-state index is -1.06. The summed E-state index contributed by atoms with van der Waals surface area (Å²) in [5.74, 6) is -2.40. The number of esters is 1. The Balaban J connectivity index is 1.55. The lowest BCUT2D eigenvalue weighted by Crippen LogP contribution is -2.30. The zero-order valence-electron chi connectivity index (χ0n) is 15.9. The molecular weight excluding hydrogens is 414 g/mol. The van der Waals surface area contributed by atoms with Gasteiger partial charge >= 0.3 is 11.7 Å². The number of hydrogen-bond donors (Lipinski definition) is 2. The molecule has 0 saturated heterocycles. The molecule has 1 aromatic heterocycles. The highest BCUT2D eigenvalue weighted by molar-refractivity contribution is 6.31. The molecule has 3 N–H and O–H groups in total. The SMILES string of the molecule is CC(OC(=O)CCn1c(=O)oc2cc(Cl)ccc21)C(=O)Nc1ccc(C(N)=O)cc1. The van der Waals surface area contributed by atoms with E-state index < -0.39 is 29.6 Å². The van der Waals surface area contributed by atoms with Crippen LogP contribution in [0.15, 0.2) is 51.7 Å².